The molecule has 24 heavy (non-hydrogen) atoms. The van der Waals surface area contributed by atoms with Gasteiger partial charge in [-0.05, 0) is 48.7 Å². The number of benzene rings is 2. The van der Waals surface area contributed by atoms with Gasteiger partial charge in [0.25, 0.3) is 0 Å². The molecular weight excluding hydrogens is 369 g/mol. The third-order valence-corrected chi connectivity index (χ3v) is 6.79. The summed E-state index contributed by atoms with van der Waals surface area (Å²) in [4.78, 5) is 0.0477. The Morgan fingerprint density at radius 1 is 1.17 bits per heavy atom. The lowest BCUT2D eigenvalue weighted by Crippen LogP contribution is -2.31. The molecule has 2 aromatic carbocycles. The fourth-order valence-corrected chi connectivity index (χ4v) is 5.43. The molecule has 0 aromatic heterocycles. The molecule has 0 spiro atoms. The van der Waals surface area contributed by atoms with Crippen molar-refractivity contribution >= 4 is 33.2 Å². The number of methoxy groups -OCH3 is 1. The summed E-state index contributed by atoms with van der Waals surface area (Å²) in [5.41, 5.74) is 0.911. The zero-order valence-electron chi connectivity index (χ0n) is 13.1. The predicted octanol–water partition coefficient (Wildman–Crippen LogP) is 4.53. The van der Waals surface area contributed by atoms with Gasteiger partial charge in [0.1, 0.15) is 10.6 Å². The first-order valence-corrected chi connectivity index (χ1v) is 9.74. The van der Waals surface area contributed by atoms with Gasteiger partial charge in [-0.3, -0.25) is 0 Å². The van der Waals surface area contributed by atoms with E-state index in [4.69, 9.17) is 27.9 Å². The Morgan fingerprint density at radius 2 is 1.96 bits per heavy atom. The molecule has 0 saturated carbocycles. The van der Waals surface area contributed by atoms with E-state index in [1.807, 2.05) is 24.3 Å². The van der Waals surface area contributed by atoms with Gasteiger partial charge in [0.2, 0.25) is 10.0 Å². The average molecular weight is 386 g/mol. The van der Waals surface area contributed by atoms with Crippen LogP contribution in [0.5, 0.6) is 5.75 Å². The van der Waals surface area contributed by atoms with Crippen molar-refractivity contribution in [2.75, 3.05) is 13.7 Å². The number of ether oxygens (including phenoxy) is 1. The molecule has 1 fully saturated rings. The normalized spacial score (nSPS) is 18.7. The highest BCUT2D eigenvalue weighted by Crippen LogP contribution is 2.39. The molecule has 128 valence electrons. The minimum atomic E-state index is -3.73. The standard InChI is InChI=1S/C17H17Cl2NO3S/c1-23-14-5-2-4-12(10-14)16-6-3-9-20(16)24(21,22)17-11-13(18)7-8-15(17)19/h2,4-5,7-8,10-11,16H,3,6,9H2,1H3. The van der Waals surface area contributed by atoms with E-state index in [1.54, 1.807) is 13.2 Å². The number of rotatable bonds is 4. The van der Waals surface area contributed by atoms with Crippen molar-refractivity contribution in [2.24, 2.45) is 0 Å². The van der Waals surface area contributed by atoms with E-state index < -0.39 is 10.0 Å². The van der Waals surface area contributed by atoms with Crippen molar-refractivity contribution in [1.29, 1.82) is 0 Å². The van der Waals surface area contributed by atoms with Crippen LogP contribution in [0.1, 0.15) is 24.4 Å². The van der Waals surface area contributed by atoms with E-state index in [0.29, 0.717) is 17.3 Å². The quantitative estimate of drug-likeness (QED) is 0.776. The number of sulfonamides is 1. The van der Waals surface area contributed by atoms with E-state index in [0.717, 1.165) is 18.4 Å². The lowest BCUT2D eigenvalue weighted by molar-refractivity contribution is 0.390. The number of hydrogen-bond donors (Lipinski definition) is 0. The van der Waals surface area contributed by atoms with Crippen LogP contribution in [-0.4, -0.2) is 26.4 Å². The van der Waals surface area contributed by atoms with Gasteiger partial charge in [0.05, 0.1) is 18.2 Å². The van der Waals surface area contributed by atoms with E-state index in [1.165, 1.54) is 16.4 Å². The summed E-state index contributed by atoms with van der Waals surface area (Å²) in [6, 6.07) is 11.7. The summed E-state index contributed by atoms with van der Waals surface area (Å²) in [6.07, 6.45) is 1.55. The number of hydrogen-bond acceptors (Lipinski definition) is 3. The van der Waals surface area contributed by atoms with Gasteiger partial charge in [-0.15, -0.1) is 0 Å². The minimum Gasteiger partial charge on any atom is -0.497 e. The van der Waals surface area contributed by atoms with Crippen LogP contribution in [0.3, 0.4) is 0 Å². The summed E-state index contributed by atoms with van der Waals surface area (Å²) in [5, 5.41) is 0.519. The fourth-order valence-electron chi connectivity index (χ4n) is 3.01. The Balaban J connectivity index is 2.01. The zero-order chi connectivity index (χ0) is 17.3. The first kappa shape index (κ1) is 17.5. The molecule has 1 heterocycles. The Bertz CT molecular complexity index is 855. The third-order valence-electron chi connectivity index (χ3n) is 4.16. The molecule has 4 nitrogen and oxygen atoms in total. The van der Waals surface area contributed by atoms with Gasteiger partial charge in [0.15, 0.2) is 0 Å². The molecule has 1 saturated heterocycles. The van der Waals surface area contributed by atoms with Crippen LogP contribution in [0.2, 0.25) is 10.0 Å². The summed E-state index contributed by atoms with van der Waals surface area (Å²) in [7, 11) is -2.14. The third kappa shape index (κ3) is 3.26. The summed E-state index contributed by atoms with van der Waals surface area (Å²) >= 11 is 12.1. The van der Waals surface area contributed by atoms with Crippen LogP contribution in [-0.2, 0) is 10.0 Å². The molecule has 1 aliphatic rings. The molecule has 0 bridgehead atoms. The van der Waals surface area contributed by atoms with Crippen molar-refractivity contribution in [2.45, 2.75) is 23.8 Å². The molecular formula is C17H17Cl2NO3S. The summed E-state index contributed by atoms with van der Waals surface area (Å²) < 4.78 is 32.9. The fraction of sp³-hybridized carbons (Fsp3) is 0.294. The highest BCUT2D eigenvalue weighted by atomic mass is 35.5. The molecule has 0 radical (unpaired) electrons. The van der Waals surface area contributed by atoms with E-state index in [-0.39, 0.29) is 16.0 Å². The van der Waals surface area contributed by atoms with Crippen molar-refractivity contribution in [1.82, 2.24) is 4.31 Å². The maximum atomic E-state index is 13.1. The first-order chi connectivity index (χ1) is 11.4. The van der Waals surface area contributed by atoms with Gasteiger partial charge < -0.3 is 4.74 Å². The lowest BCUT2D eigenvalue weighted by Gasteiger charge is -2.25. The Kier molecular flexibility index (Phi) is 5.06. The molecule has 1 aliphatic heterocycles. The minimum absolute atomic E-state index is 0.0477. The molecule has 3 rings (SSSR count). The second-order valence-corrected chi connectivity index (χ2v) is 8.33. The van der Waals surface area contributed by atoms with Crippen LogP contribution >= 0.6 is 23.2 Å². The van der Waals surface area contributed by atoms with E-state index in [9.17, 15) is 8.42 Å². The van der Waals surface area contributed by atoms with Crippen LogP contribution in [0, 0.1) is 0 Å². The van der Waals surface area contributed by atoms with Crippen molar-refractivity contribution in [3.63, 3.8) is 0 Å². The molecule has 0 N–H and O–H groups in total. The predicted molar refractivity (Wildman–Crippen MR) is 95.3 cm³/mol. The maximum absolute atomic E-state index is 13.1. The monoisotopic (exact) mass is 385 g/mol. The second-order valence-electron chi connectivity index (χ2n) is 5.63. The first-order valence-electron chi connectivity index (χ1n) is 7.54. The van der Waals surface area contributed by atoms with Gasteiger partial charge in [0, 0.05) is 11.6 Å². The SMILES string of the molecule is COc1cccc(C2CCCN2S(=O)(=O)c2cc(Cl)ccc2Cl)c1. The van der Waals surface area contributed by atoms with Gasteiger partial charge in [-0.2, -0.15) is 4.31 Å². The maximum Gasteiger partial charge on any atom is 0.245 e. The van der Waals surface area contributed by atoms with Crippen LogP contribution in [0.25, 0.3) is 0 Å². The van der Waals surface area contributed by atoms with Crippen molar-refractivity contribution < 1.29 is 13.2 Å². The van der Waals surface area contributed by atoms with Gasteiger partial charge >= 0.3 is 0 Å². The van der Waals surface area contributed by atoms with Crippen LogP contribution < -0.4 is 4.74 Å². The molecule has 1 atom stereocenters. The lowest BCUT2D eigenvalue weighted by atomic mass is 10.1. The molecule has 0 aliphatic carbocycles. The van der Waals surface area contributed by atoms with Crippen LogP contribution in [0.4, 0.5) is 0 Å². The van der Waals surface area contributed by atoms with E-state index >= 15 is 0 Å². The smallest absolute Gasteiger partial charge is 0.245 e. The largest absolute Gasteiger partial charge is 0.497 e. The molecule has 2 aromatic rings. The number of halogens is 2. The second kappa shape index (κ2) is 6.92. The molecule has 1 unspecified atom stereocenters. The van der Waals surface area contributed by atoms with Crippen LogP contribution in [0.15, 0.2) is 47.4 Å². The topological polar surface area (TPSA) is 46.6 Å². The van der Waals surface area contributed by atoms with E-state index in [2.05, 4.69) is 0 Å². The molecule has 0 amide bonds. The molecule has 7 heteroatoms. The Labute approximate surface area is 152 Å². The highest BCUT2D eigenvalue weighted by Gasteiger charge is 2.37. The summed E-state index contributed by atoms with van der Waals surface area (Å²) in [5.74, 6) is 0.706. The number of nitrogens with zero attached hydrogens (tertiary/aromatic N) is 1. The summed E-state index contributed by atoms with van der Waals surface area (Å²) in [6.45, 7) is 0.451. The van der Waals surface area contributed by atoms with Gasteiger partial charge in [-0.1, -0.05) is 35.3 Å². The van der Waals surface area contributed by atoms with Crippen molar-refractivity contribution in [3.05, 3.63) is 58.1 Å². The average Bonchev–Trinajstić information content (AvgIpc) is 3.07. The highest BCUT2D eigenvalue weighted by molar-refractivity contribution is 7.89. The van der Waals surface area contributed by atoms with Crippen molar-refractivity contribution in [3.8, 4) is 5.75 Å². The Hall–Kier alpha value is -1.27. The zero-order valence-corrected chi connectivity index (χ0v) is 15.4. The van der Waals surface area contributed by atoms with Gasteiger partial charge in [-0.25, -0.2) is 8.42 Å². The Morgan fingerprint density at radius 3 is 2.71 bits per heavy atom.